The fourth-order valence-electron chi connectivity index (χ4n) is 6.15. The normalized spacial score (nSPS) is 22.8. The Morgan fingerprint density at radius 2 is 1.74 bits per heavy atom. The van der Waals surface area contributed by atoms with Gasteiger partial charge < -0.3 is 4.90 Å². The summed E-state index contributed by atoms with van der Waals surface area (Å²) >= 11 is 0. The predicted molar refractivity (Wildman–Crippen MR) is 147 cm³/mol. The molecular weight excluding hydrogens is 500 g/mol. The Morgan fingerprint density at radius 1 is 1.03 bits per heavy atom. The average molecular weight is 535 g/mol. The summed E-state index contributed by atoms with van der Waals surface area (Å²) in [6.07, 6.45) is 7.69. The van der Waals surface area contributed by atoms with E-state index >= 15 is 0 Å². The van der Waals surface area contributed by atoms with Crippen LogP contribution in [-0.4, -0.2) is 67.3 Å². The van der Waals surface area contributed by atoms with Crippen molar-refractivity contribution in [3.05, 3.63) is 54.1 Å². The first-order valence-electron chi connectivity index (χ1n) is 13.6. The molecule has 200 valence electrons. The van der Waals surface area contributed by atoms with Crippen LogP contribution in [0.3, 0.4) is 0 Å². The molecule has 0 aromatic heterocycles. The highest BCUT2D eigenvalue weighted by atomic mass is 32.2. The maximum atomic E-state index is 13.7. The third-order valence-corrected chi connectivity index (χ3v) is 8.86. The summed E-state index contributed by atoms with van der Waals surface area (Å²) in [4.78, 5) is 35.3. The lowest BCUT2D eigenvalue weighted by Crippen LogP contribution is -2.44. The van der Waals surface area contributed by atoms with Crippen molar-refractivity contribution in [3.63, 3.8) is 0 Å². The largest absolute Gasteiger partial charge is 0.342 e. The number of aliphatic imine (C=N–C) groups is 1. The number of rotatable bonds is 7. The zero-order valence-corrected chi connectivity index (χ0v) is 22.5. The molecule has 2 amide bonds. The topological polar surface area (TPSA) is 99.1 Å². The average Bonchev–Trinajstić information content (AvgIpc) is 3.34. The SMILES string of the molecule is CS(=O)(=O)Nc1cccc(-c2ccc(C3=NC4(CCCC4)C(=O)N3C[C@@H]3CCN(C(=O)C4CC4)C3)cc2)c1. The molecule has 0 unspecified atom stereocenters. The van der Waals surface area contributed by atoms with Crippen LogP contribution in [0.1, 0.15) is 50.5 Å². The number of carbonyl (C=O) groups excluding carboxylic acids is 2. The van der Waals surface area contributed by atoms with Crippen LogP contribution in [0.25, 0.3) is 11.1 Å². The van der Waals surface area contributed by atoms with Gasteiger partial charge in [0, 0.05) is 36.8 Å². The summed E-state index contributed by atoms with van der Waals surface area (Å²) in [7, 11) is -3.36. The molecular formula is C29H34N4O4S. The molecule has 2 aliphatic heterocycles. The smallest absolute Gasteiger partial charge is 0.256 e. The minimum atomic E-state index is -3.36. The molecule has 2 heterocycles. The van der Waals surface area contributed by atoms with Gasteiger partial charge in [-0.25, -0.2) is 8.42 Å². The summed E-state index contributed by atoms with van der Waals surface area (Å²) in [5.41, 5.74) is 2.62. The number of hydrogen-bond donors (Lipinski definition) is 1. The van der Waals surface area contributed by atoms with Gasteiger partial charge in [0.1, 0.15) is 11.4 Å². The van der Waals surface area contributed by atoms with Crippen LogP contribution in [0.5, 0.6) is 0 Å². The predicted octanol–water partition coefficient (Wildman–Crippen LogP) is 3.89. The minimum absolute atomic E-state index is 0.112. The Labute approximate surface area is 224 Å². The van der Waals surface area contributed by atoms with Crippen LogP contribution >= 0.6 is 0 Å². The summed E-state index contributed by atoms with van der Waals surface area (Å²) in [6.45, 7) is 2.09. The summed E-state index contributed by atoms with van der Waals surface area (Å²) in [6, 6.07) is 15.3. The van der Waals surface area contributed by atoms with Crippen molar-refractivity contribution in [2.45, 2.75) is 50.5 Å². The van der Waals surface area contributed by atoms with E-state index in [4.69, 9.17) is 4.99 Å². The molecule has 0 bridgehead atoms. The Kier molecular flexibility index (Phi) is 6.29. The number of sulfonamides is 1. The number of anilines is 1. The van der Waals surface area contributed by atoms with Crippen LogP contribution in [0, 0.1) is 11.8 Å². The second kappa shape index (κ2) is 9.52. The Morgan fingerprint density at radius 3 is 2.42 bits per heavy atom. The number of nitrogens with zero attached hydrogens (tertiary/aromatic N) is 3. The fourth-order valence-corrected chi connectivity index (χ4v) is 6.71. The zero-order chi connectivity index (χ0) is 26.5. The fraction of sp³-hybridized carbons (Fsp3) is 0.483. The quantitative estimate of drug-likeness (QED) is 0.583. The maximum absolute atomic E-state index is 13.7. The number of likely N-dealkylation sites (tertiary alicyclic amines) is 1. The molecule has 4 aliphatic rings. The first-order chi connectivity index (χ1) is 18.2. The standard InChI is InChI=1S/C29H34N4O4S/c1-38(36,37)31-25-6-4-5-24(17-25)21-7-9-22(10-8-21)26-30-29(14-2-3-15-29)28(35)33(26)19-20-13-16-32(18-20)27(34)23-11-12-23/h4-10,17,20,23,31H,2-3,11-16,18-19H2,1H3/t20-/m1/s1. The molecule has 1 saturated heterocycles. The molecule has 1 N–H and O–H groups in total. The third-order valence-electron chi connectivity index (χ3n) is 8.26. The van der Waals surface area contributed by atoms with Gasteiger partial charge in [0.2, 0.25) is 15.9 Å². The second-order valence-electron chi connectivity index (χ2n) is 11.3. The van der Waals surface area contributed by atoms with E-state index in [0.717, 1.165) is 86.8 Å². The van der Waals surface area contributed by atoms with Gasteiger partial charge in [0.25, 0.3) is 5.91 Å². The molecule has 2 aromatic carbocycles. The summed E-state index contributed by atoms with van der Waals surface area (Å²) in [5, 5.41) is 0. The Hall–Kier alpha value is -3.20. The van der Waals surface area contributed by atoms with E-state index in [9.17, 15) is 18.0 Å². The molecule has 38 heavy (non-hydrogen) atoms. The van der Waals surface area contributed by atoms with Crippen LogP contribution in [0.2, 0.25) is 0 Å². The number of benzene rings is 2. The van der Waals surface area contributed by atoms with E-state index in [-0.39, 0.29) is 23.7 Å². The number of amidine groups is 1. The van der Waals surface area contributed by atoms with E-state index in [2.05, 4.69) is 4.72 Å². The van der Waals surface area contributed by atoms with Crippen LogP contribution in [-0.2, 0) is 19.6 Å². The van der Waals surface area contributed by atoms with E-state index in [1.54, 1.807) is 12.1 Å². The van der Waals surface area contributed by atoms with Gasteiger partial charge in [-0.3, -0.25) is 24.2 Å². The van der Waals surface area contributed by atoms with Crippen molar-refractivity contribution in [3.8, 4) is 11.1 Å². The van der Waals surface area contributed by atoms with E-state index in [1.807, 2.05) is 46.2 Å². The highest BCUT2D eigenvalue weighted by Crippen LogP contribution is 2.41. The molecule has 2 saturated carbocycles. The molecule has 9 heteroatoms. The van der Waals surface area contributed by atoms with Gasteiger partial charge in [-0.2, -0.15) is 0 Å². The van der Waals surface area contributed by atoms with E-state index < -0.39 is 15.6 Å². The maximum Gasteiger partial charge on any atom is 0.256 e. The van der Waals surface area contributed by atoms with Gasteiger partial charge in [0.15, 0.2) is 0 Å². The molecule has 0 radical (unpaired) electrons. The lowest BCUT2D eigenvalue weighted by atomic mass is 9.97. The molecule has 1 spiro atoms. The number of nitrogens with one attached hydrogen (secondary N) is 1. The number of carbonyl (C=O) groups is 2. The van der Waals surface area contributed by atoms with Crippen molar-refractivity contribution < 1.29 is 18.0 Å². The van der Waals surface area contributed by atoms with E-state index in [0.29, 0.717) is 12.2 Å². The Balaban J connectivity index is 1.23. The Bertz CT molecular complexity index is 1390. The molecule has 3 fully saturated rings. The van der Waals surface area contributed by atoms with Crippen LogP contribution in [0.15, 0.2) is 53.5 Å². The number of hydrogen-bond acceptors (Lipinski definition) is 5. The van der Waals surface area contributed by atoms with Crippen LogP contribution in [0.4, 0.5) is 5.69 Å². The molecule has 6 rings (SSSR count). The minimum Gasteiger partial charge on any atom is -0.342 e. The molecule has 2 aliphatic carbocycles. The summed E-state index contributed by atoms with van der Waals surface area (Å²) < 4.78 is 25.8. The highest BCUT2D eigenvalue weighted by Gasteiger charge is 2.50. The van der Waals surface area contributed by atoms with Crippen LogP contribution < -0.4 is 4.72 Å². The highest BCUT2D eigenvalue weighted by molar-refractivity contribution is 7.92. The van der Waals surface area contributed by atoms with Crippen molar-refractivity contribution in [2.24, 2.45) is 16.8 Å². The zero-order valence-electron chi connectivity index (χ0n) is 21.7. The number of amides is 2. The lowest BCUT2D eigenvalue weighted by Gasteiger charge is -2.25. The molecule has 8 nitrogen and oxygen atoms in total. The van der Waals surface area contributed by atoms with Gasteiger partial charge in [-0.15, -0.1) is 0 Å². The third kappa shape index (κ3) is 4.96. The van der Waals surface area contributed by atoms with Crippen molar-refractivity contribution in [1.82, 2.24) is 9.80 Å². The lowest BCUT2D eigenvalue weighted by molar-refractivity contribution is -0.131. The van der Waals surface area contributed by atoms with Crippen molar-refractivity contribution in [2.75, 3.05) is 30.6 Å². The van der Waals surface area contributed by atoms with E-state index in [1.165, 1.54) is 0 Å². The van der Waals surface area contributed by atoms with Gasteiger partial charge in [-0.1, -0.05) is 49.2 Å². The summed E-state index contributed by atoms with van der Waals surface area (Å²) in [5.74, 6) is 1.62. The molecule has 1 atom stereocenters. The van der Waals surface area contributed by atoms with Gasteiger partial charge in [0.05, 0.1) is 6.26 Å². The molecule has 2 aromatic rings. The van der Waals surface area contributed by atoms with Gasteiger partial charge >= 0.3 is 0 Å². The van der Waals surface area contributed by atoms with Gasteiger partial charge in [-0.05, 0) is 61.3 Å². The van der Waals surface area contributed by atoms with Crippen molar-refractivity contribution in [1.29, 1.82) is 0 Å². The van der Waals surface area contributed by atoms with Crippen molar-refractivity contribution >= 4 is 33.4 Å². The first kappa shape index (κ1) is 25.1. The second-order valence-corrected chi connectivity index (χ2v) is 13.1. The first-order valence-corrected chi connectivity index (χ1v) is 15.5. The monoisotopic (exact) mass is 534 g/mol.